The third-order valence-corrected chi connectivity index (χ3v) is 2.05. The molecule has 0 spiro atoms. The van der Waals surface area contributed by atoms with Crippen molar-refractivity contribution in [1.82, 2.24) is 20.2 Å². The van der Waals surface area contributed by atoms with E-state index in [0.29, 0.717) is 11.5 Å². The molecule has 2 N–H and O–H groups in total. The molecule has 15 heavy (non-hydrogen) atoms. The maximum atomic E-state index is 13.5. The van der Waals surface area contributed by atoms with Crippen LogP contribution in [0.1, 0.15) is 11.4 Å². The average molecular weight is 207 g/mol. The first-order valence-electron chi connectivity index (χ1n) is 4.46. The molecule has 2 aromatic rings. The monoisotopic (exact) mass is 207 g/mol. The molecule has 1 aromatic carbocycles. The molecule has 0 aliphatic heterocycles. The van der Waals surface area contributed by atoms with Gasteiger partial charge in [-0.1, -0.05) is 6.07 Å². The summed E-state index contributed by atoms with van der Waals surface area (Å²) in [6, 6.07) is 4.74. The summed E-state index contributed by atoms with van der Waals surface area (Å²) in [6.07, 6.45) is 0. The Morgan fingerprint density at radius 2 is 2.27 bits per heavy atom. The summed E-state index contributed by atoms with van der Waals surface area (Å²) in [7, 11) is 0. The molecule has 0 fully saturated rings. The van der Waals surface area contributed by atoms with Crippen LogP contribution in [0.25, 0.3) is 5.69 Å². The molecule has 0 atom stereocenters. The minimum absolute atomic E-state index is 0.167. The van der Waals surface area contributed by atoms with Gasteiger partial charge in [-0.2, -0.15) is 4.68 Å². The van der Waals surface area contributed by atoms with Crippen molar-refractivity contribution in [1.29, 1.82) is 0 Å². The van der Waals surface area contributed by atoms with Gasteiger partial charge in [0.2, 0.25) is 0 Å². The third kappa shape index (κ3) is 1.71. The number of nitrogens with zero attached hydrogens (tertiary/aromatic N) is 4. The van der Waals surface area contributed by atoms with E-state index in [4.69, 9.17) is 5.73 Å². The molecular weight excluding hydrogens is 197 g/mol. The van der Waals surface area contributed by atoms with Gasteiger partial charge in [0.15, 0.2) is 5.82 Å². The molecule has 0 unspecified atom stereocenters. The highest BCUT2D eigenvalue weighted by atomic mass is 19.1. The van der Waals surface area contributed by atoms with Crippen LogP contribution in [0.5, 0.6) is 0 Å². The van der Waals surface area contributed by atoms with Crippen LogP contribution in [0.4, 0.5) is 4.39 Å². The number of halogens is 1. The predicted molar refractivity (Wildman–Crippen MR) is 51.7 cm³/mol. The standard InChI is InChI=1S/C9H10FN5/c1-6-2-3-7(10)8(4-6)15-9(5-11)12-13-14-15/h2-4H,5,11H2,1H3. The number of tetrazole rings is 1. The van der Waals surface area contributed by atoms with Gasteiger partial charge in [-0.15, -0.1) is 5.10 Å². The first-order valence-corrected chi connectivity index (χ1v) is 4.46. The van der Waals surface area contributed by atoms with Crippen molar-refractivity contribution in [3.05, 3.63) is 35.4 Å². The van der Waals surface area contributed by atoms with Crippen molar-refractivity contribution >= 4 is 0 Å². The van der Waals surface area contributed by atoms with E-state index in [2.05, 4.69) is 15.5 Å². The van der Waals surface area contributed by atoms with Crippen molar-refractivity contribution in [3.63, 3.8) is 0 Å². The second kappa shape index (κ2) is 3.74. The Bertz CT molecular complexity index is 479. The van der Waals surface area contributed by atoms with Crippen molar-refractivity contribution in [2.24, 2.45) is 5.73 Å². The summed E-state index contributed by atoms with van der Waals surface area (Å²) >= 11 is 0. The summed E-state index contributed by atoms with van der Waals surface area (Å²) in [5.41, 5.74) is 6.69. The van der Waals surface area contributed by atoms with E-state index >= 15 is 0 Å². The molecule has 0 aliphatic rings. The van der Waals surface area contributed by atoms with Gasteiger partial charge in [-0.05, 0) is 35.0 Å². The van der Waals surface area contributed by atoms with E-state index in [1.807, 2.05) is 6.92 Å². The van der Waals surface area contributed by atoms with Crippen LogP contribution < -0.4 is 5.73 Å². The van der Waals surface area contributed by atoms with Gasteiger partial charge in [0.25, 0.3) is 0 Å². The fourth-order valence-electron chi connectivity index (χ4n) is 1.31. The summed E-state index contributed by atoms with van der Waals surface area (Å²) in [6.45, 7) is 2.04. The van der Waals surface area contributed by atoms with Gasteiger partial charge in [0.1, 0.15) is 11.5 Å². The number of hydrogen-bond acceptors (Lipinski definition) is 4. The van der Waals surface area contributed by atoms with Gasteiger partial charge >= 0.3 is 0 Å². The van der Waals surface area contributed by atoms with E-state index in [0.717, 1.165) is 5.56 Å². The van der Waals surface area contributed by atoms with Gasteiger partial charge in [-0.25, -0.2) is 4.39 Å². The van der Waals surface area contributed by atoms with Crippen molar-refractivity contribution in [2.45, 2.75) is 13.5 Å². The summed E-state index contributed by atoms with van der Waals surface area (Å²) in [4.78, 5) is 0. The SMILES string of the molecule is Cc1ccc(F)c(-n2nnnc2CN)c1. The minimum Gasteiger partial charge on any atom is -0.324 e. The highest BCUT2D eigenvalue weighted by molar-refractivity contribution is 5.36. The number of aryl methyl sites for hydroxylation is 1. The maximum Gasteiger partial charge on any atom is 0.170 e. The molecule has 1 heterocycles. The number of rotatable bonds is 2. The Morgan fingerprint density at radius 1 is 1.47 bits per heavy atom. The number of aromatic nitrogens is 4. The highest BCUT2D eigenvalue weighted by Gasteiger charge is 2.10. The first-order chi connectivity index (χ1) is 7.22. The van der Waals surface area contributed by atoms with Gasteiger partial charge in [0, 0.05) is 0 Å². The van der Waals surface area contributed by atoms with Crippen molar-refractivity contribution in [2.75, 3.05) is 0 Å². The van der Waals surface area contributed by atoms with Crippen LogP contribution >= 0.6 is 0 Å². The number of hydrogen-bond donors (Lipinski definition) is 1. The molecule has 6 heteroatoms. The van der Waals surface area contributed by atoms with E-state index in [1.165, 1.54) is 10.7 Å². The molecule has 0 amide bonds. The van der Waals surface area contributed by atoms with Crippen LogP contribution in [0.2, 0.25) is 0 Å². The molecular formula is C9H10FN5. The minimum atomic E-state index is -0.373. The lowest BCUT2D eigenvalue weighted by molar-refractivity contribution is 0.601. The van der Waals surface area contributed by atoms with E-state index < -0.39 is 0 Å². The topological polar surface area (TPSA) is 69.6 Å². The quantitative estimate of drug-likeness (QED) is 0.781. The zero-order valence-electron chi connectivity index (χ0n) is 8.18. The number of benzene rings is 1. The first kappa shape index (κ1) is 9.72. The Kier molecular flexibility index (Phi) is 2.42. The van der Waals surface area contributed by atoms with Gasteiger partial charge < -0.3 is 5.73 Å². The van der Waals surface area contributed by atoms with Crippen LogP contribution in [0.3, 0.4) is 0 Å². The molecule has 0 saturated heterocycles. The van der Waals surface area contributed by atoms with Crippen LogP contribution in [-0.2, 0) is 6.54 Å². The van der Waals surface area contributed by atoms with E-state index in [9.17, 15) is 4.39 Å². The van der Waals surface area contributed by atoms with E-state index in [1.54, 1.807) is 12.1 Å². The largest absolute Gasteiger partial charge is 0.324 e. The average Bonchev–Trinajstić information content (AvgIpc) is 2.69. The normalized spacial score (nSPS) is 10.6. The fraction of sp³-hybridized carbons (Fsp3) is 0.222. The van der Waals surface area contributed by atoms with Crippen molar-refractivity contribution in [3.8, 4) is 5.69 Å². The Labute approximate surface area is 85.7 Å². The second-order valence-corrected chi connectivity index (χ2v) is 3.17. The molecule has 0 bridgehead atoms. The number of nitrogens with two attached hydrogens (primary N) is 1. The molecule has 78 valence electrons. The Morgan fingerprint density at radius 3 is 3.00 bits per heavy atom. The smallest absolute Gasteiger partial charge is 0.170 e. The lowest BCUT2D eigenvalue weighted by Crippen LogP contribution is -2.09. The fourth-order valence-corrected chi connectivity index (χ4v) is 1.31. The van der Waals surface area contributed by atoms with Gasteiger partial charge in [-0.3, -0.25) is 0 Å². The summed E-state index contributed by atoms with van der Waals surface area (Å²) < 4.78 is 14.8. The summed E-state index contributed by atoms with van der Waals surface area (Å²) in [5.74, 6) is 0.0575. The van der Waals surface area contributed by atoms with Crippen molar-refractivity contribution < 1.29 is 4.39 Å². The lowest BCUT2D eigenvalue weighted by Gasteiger charge is -2.05. The third-order valence-electron chi connectivity index (χ3n) is 2.05. The Balaban J connectivity index is 2.58. The van der Waals surface area contributed by atoms with Gasteiger partial charge in [0.05, 0.1) is 6.54 Å². The van der Waals surface area contributed by atoms with E-state index in [-0.39, 0.29) is 12.4 Å². The molecule has 1 aromatic heterocycles. The Hall–Kier alpha value is -1.82. The molecule has 5 nitrogen and oxygen atoms in total. The molecule has 0 radical (unpaired) electrons. The van der Waals surface area contributed by atoms with Crippen LogP contribution in [-0.4, -0.2) is 20.2 Å². The molecule has 2 rings (SSSR count). The lowest BCUT2D eigenvalue weighted by atomic mass is 10.2. The summed E-state index contributed by atoms with van der Waals surface area (Å²) in [5, 5.41) is 10.8. The van der Waals surface area contributed by atoms with Crippen LogP contribution in [0, 0.1) is 12.7 Å². The maximum absolute atomic E-state index is 13.5. The molecule has 0 aliphatic carbocycles. The van der Waals surface area contributed by atoms with Crippen LogP contribution in [0.15, 0.2) is 18.2 Å². The second-order valence-electron chi connectivity index (χ2n) is 3.17. The highest BCUT2D eigenvalue weighted by Crippen LogP contribution is 2.14. The zero-order chi connectivity index (χ0) is 10.8. The zero-order valence-corrected chi connectivity index (χ0v) is 8.18. The predicted octanol–water partition coefficient (Wildman–Crippen LogP) is 0.569. The molecule has 0 saturated carbocycles.